The van der Waals surface area contributed by atoms with E-state index in [0.29, 0.717) is 28.6 Å². The summed E-state index contributed by atoms with van der Waals surface area (Å²) in [5.74, 6) is 12.8. The van der Waals surface area contributed by atoms with Gasteiger partial charge in [0.05, 0.1) is 5.69 Å². The number of urea groups is 1. The Morgan fingerprint density at radius 1 is 1.20 bits per heavy atom. The van der Waals surface area contributed by atoms with Gasteiger partial charge in [0.2, 0.25) is 0 Å². The zero-order valence-electron chi connectivity index (χ0n) is 20.3. The molecule has 2 amide bonds. The normalized spacial score (nSPS) is 14.3. The Hall–Kier alpha value is -3.40. The highest BCUT2D eigenvalue weighted by Crippen LogP contribution is 2.44. The van der Waals surface area contributed by atoms with E-state index in [9.17, 15) is 9.59 Å². The van der Waals surface area contributed by atoms with Crippen LogP contribution in [0.4, 0.5) is 10.5 Å². The summed E-state index contributed by atoms with van der Waals surface area (Å²) in [6, 6.07) is 10.7. The van der Waals surface area contributed by atoms with Gasteiger partial charge in [-0.3, -0.25) is 14.8 Å². The van der Waals surface area contributed by atoms with Crippen LogP contribution in [0.3, 0.4) is 0 Å². The average molecular weight is 499 g/mol. The molecule has 0 radical (unpaired) electrons. The first-order chi connectivity index (χ1) is 16.6. The summed E-state index contributed by atoms with van der Waals surface area (Å²) in [7, 11) is 2.93. The molecule has 1 fully saturated rings. The Morgan fingerprint density at radius 2 is 1.89 bits per heavy atom. The van der Waals surface area contributed by atoms with Crippen LogP contribution in [-0.2, 0) is 11.4 Å². The molecule has 0 aromatic heterocycles. The second-order valence-corrected chi connectivity index (χ2v) is 8.88. The molecule has 0 spiro atoms. The largest absolute Gasteiger partial charge is 0.489 e. The number of halogens is 1. The van der Waals surface area contributed by atoms with Gasteiger partial charge in [-0.15, -0.1) is 0 Å². The number of anilines is 1. The van der Waals surface area contributed by atoms with E-state index >= 15 is 0 Å². The SMILES string of the molecule is CN=C(C(=O)Cl)C(C)=C(N)c1ccc(OCc2c(C3CC3)cccc2N(N)C(=O)N(C)N)c(C)c1. The number of amides is 2. The molecular formula is C25H31ClN6O3. The first kappa shape index (κ1) is 26.2. The van der Waals surface area contributed by atoms with Gasteiger partial charge in [0.1, 0.15) is 18.1 Å². The van der Waals surface area contributed by atoms with Gasteiger partial charge in [0.15, 0.2) is 0 Å². The molecule has 1 saturated carbocycles. The molecule has 0 aliphatic heterocycles. The summed E-state index contributed by atoms with van der Waals surface area (Å²) >= 11 is 5.61. The van der Waals surface area contributed by atoms with E-state index in [2.05, 4.69) is 4.99 Å². The van der Waals surface area contributed by atoms with Crippen molar-refractivity contribution in [3.63, 3.8) is 0 Å². The molecule has 0 bridgehead atoms. The topological polar surface area (TPSA) is 140 Å². The van der Waals surface area contributed by atoms with Crippen molar-refractivity contribution in [2.24, 2.45) is 22.4 Å². The molecule has 9 nitrogen and oxygen atoms in total. The predicted molar refractivity (Wildman–Crippen MR) is 139 cm³/mol. The number of hydrogen-bond acceptors (Lipinski definition) is 7. The minimum atomic E-state index is -0.664. The van der Waals surface area contributed by atoms with Crippen molar-refractivity contribution in [1.29, 1.82) is 0 Å². The summed E-state index contributed by atoms with van der Waals surface area (Å²) in [6.07, 6.45) is 2.16. The molecule has 0 saturated heterocycles. The molecule has 35 heavy (non-hydrogen) atoms. The second-order valence-electron chi connectivity index (χ2n) is 8.54. The average Bonchev–Trinajstić information content (AvgIpc) is 3.67. The number of aliphatic imine (C=N–C) groups is 1. The van der Waals surface area contributed by atoms with E-state index < -0.39 is 11.3 Å². The summed E-state index contributed by atoms with van der Waals surface area (Å²) in [6.45, 7) is 3.82. The molecule has 0 atom stereocenters. The molecule has 10 heteroatoms. The van der Waals surface area contributed by atoms with Gasteiger partial charge in [0.25, 0.3) is 5.24 Å². The minimum Gasteiger partial charge on any atom is -0.489 e. The number of nitrogens with two attached hydrogens (primary N) is 3. The van der Waals surface area contributed by atoms with Crippen LogP contribution in [0.1, 0.15) is 47.9 Å². The van der Waals surface area contributed by atoms with Gasteiger partial charge in [-0.2, -0.15) is 0 Å². The highest BCUT2D eigenvalue weighted by atomic mass is 35.5. The lowest BCUT2D eigenvalue weighted by molar-refractivity contribution is -0.106. The summed E-state index contributed by atoms with van der Waals surface area (Å²) in [5.41, 5.74) is 11.4. The number of hydrogen-bond donors (Lipinski definition) is 3. The first-order valence-corrected chi connectivity index (χ1v) is 11.5. The number of ether oxygens (including phenoxy) is 1. The Kier molecular flexibility index (Phi) is 8.16. The number of carbonyl (C=O) groups excluding carboxylic acids is 2. The number of nitrogens with zero attached hydrogens (tertiary/aromatic N) is 3. The Morgan fingerprint density at radius 3 is 2.43 bits per heavy atom. The number of carbonyl (C=O) groups is 2. The van der Waals surface area contributed by atoms with Gasteiger partial charge in [-0.25, -0.2) is 21.5 Å². The number of aryl methyl sites for hydroxylation is 1. The molecule has 2 aromatic rings. The van der Waals surface area contributed by atoms with Crippen molar-refractivity contribution in [1.82, 2.24) is 5.01 Å². The zero-order chi connectivity index (χ0) is 25.9. The van der Waals surface area contributed by atoms with Gasteiger partial charge >= 0.3 is 6.03 Å². The standard InChI is InChI=1S/C25H31ClN6O3/c1-14-12-17(22(27)15(2)23(30-3)24(26)33)10-11-21(14)35-13-19-18(16-8-9-16)6-5-7-20(19)32(29)25(34)31(4)28/h5-7,10-12,16H,8-9,13,27-29H2,1-4H3. The van der Waals surface area contributed by atoms with Crippen LogP contribution >= 0.6 is 11.6 Å². The third-order valence-electron chi connectivity index (χ3n) is 6.00. The van der Waals surface area contributed by atoms with E-state index in [1.807, 2.05) is 37.3 Å². The van der Waals surface area contributed by atoms with Gasteiger partial charge in [-0.1, -0.05) is 12.1 Å². The van der Waals surface area contributed by atoms with E-state index in [1.165, 1.54) is 14.1 Å². The van der Waals surface area contributed by atoms with Gasteiger partial charge in [0, 0.05) is 30.9 Å². The van der Waals surface area contributed by atoms with Crippen molar-refractivity contribution in [3.8, 4) is 5.75 Å². The van der Waals surface area contributed by atoms with Crippen LogP contribution < -0.4 is 27.2 Å². The molecule has 1 aliphatic rings. The zero-order valence-corrected chi connectivity index (χ0v) is 21.1. The van der Waals surface area contributed by atoms with Crippen LogP contribution in [0.25, 0.3) is 5.70 Å². The highest BCUT2D eigenvalue weighted by molar-refractivity contribution is 6.84. The Bertz CT molecular complexity index is 1200. The maximum Gasteiger partial charge on any atom is 0.352 e. The lowest BCUT2D eigenvalue weighted by Gasteiger charge is -2.25. The number of allylic oxidation sites excluding steroid dienone is 1. The van der Waals surface area contributed by atoms with Crippen LogP contribution in [0.15, 0.2) is 47.0 Å². The molecule has 3 rings (SSSR count). The maximum atomic E-state index is 12.4. The Labute approximate surface area is 210 Å². The molecular weight excluding hydrogens is 468 g/mol. The molecule has 186 valence electrons. The van der Waals surface area contributed by atoms with Crippen LogP contribution in [0, 0.1) is 6.92 Å². The maximum absolute atomic E-state index is 12.4. The third kappa shape index (κ3) is 5.82. The summed E-state index contributed by atoms with van der Waals surface area (Å²) < 4.78 is 6.18. The van der Waals surface area contributed by atoms with E-state index in [0.717, 1.165) is 45.1 Å². The molecule has 0 heterocycles. The van der Waals surface area contributed by atoms with Crippen molar-refractivity contribution < 1.29 is 14.3 Å². The van der Waals surface area contributed by atoms with Crippen molar-refractivity contribution in [3.05, 3.63) is 64.2 Å². The quantitative estimate of drug-likeness (QED) is 0.167. The molecule has 2 aromatic carbocycles. The summed E-state index contributed by atoms with van der Waals surface area (Å²) in [4.78, 5) is 27.9. The third-order valence-corrected chi connectivity index (χ3v) is 6.18. The van der Waals surface area contributed by atoms with Crippen molar-refractivity contribution in [2.45, 2.75) is 39.2 Å². The number of hydrazine groups is 2. The molecule has 0 unspecified atom stereocenters. The first-order valence-electron chi connectivity index (χ1n) is 11.1. The van der Waals surface area contributed by atoms with Gasteiger partial charge < -0.3 is 10.5 Å². The lowest BCUT2D eigenvalue weighted by atomic mass is 10.0. The molecule has 1 aliphatic carbocycles. The number of benzene rings is 2. The monoisotopic (exact) mass is 498 g/mol. The second kappa shape index (κ2) is 10.9. The number of rotatable bonds is 8. The van der Waals surface area contributed by atoms with E-state index in [-0.39, 0.29) is 12.3 Å². The van der Waals surface area contributed by atoms with Crippen molar-refractivity contribution in [2.75, 3.05) is 19.1 Å². The lowest BCUT2D eigenvalue weighted by Crippen LogP contribution is -2.49. The van der Waals surface area contributed by atoms with Crippen LogP contribution in [-0.4, -0.2) is 36.1 Å². The predicted octanol–water partition coefficient (Wildman–Crippen LogP) is 3.58. The Balaban J connectivity index is 1.89. The van der Waals surface area contributed by atoms with Crippen LogP contribution in [0.5, 0.6) is 5.75 Å². The minimum absolute atomic E-state index is 0.121. The van der Waals surface area contributed by atoms with E-state index in [1.54, 1.807) is 13.0 Å². The summed E-state index contributed by atoms with van der Waals surface area (Å²) in [5, 5.41) is 1.31. The van der Waals surface area contributed by atoms with Gasteiger partial charge in [-0.05, 0) is 85.2 Å². The van der Waals surface area contributed by atoms with Crippen LogP contribution in [0.2, 0.25) is 0 Å². The fourth-order valence-electron chi connectivity index (χ4n) is 3.90. The fraction of sp³-hybridized carbons (Fsp3) is 0.320. The highest BCUT2D eigenvalue weighted by Gasteiger charge is 2.29. The molecule has 6 N–H and O–H groups in total. The smallest absolute Gasteiger partial charge is 0.352 e. The van der Waals surface area contributed by atoms with Crippen molar-refractivity contribution >= 4 is 40.0 Å². The van der Waals surface area contributed by atoms with E-state index in [4.69, 9.17) is 33.8 Å². The fourth-order valence-corrected chi connectivity index (χ4v) is 4.13.